The molecule has 0 amide bonds. The van der Waals surface area contributed by atoms with Gasteiger partial charge in [-0.05, 0) is 46.7 Å². The molecule has 1 aliphatic heterocycles. The fourth-order valence-electron chi connectivity index (χ4n) is 2.02. The van der Waals surface area contributed by atoms with E-state index < -0.39 is 11.1 Å². The van der Waals surface area contributed by atoms with Crippen molar-refractivity contribution < 1.29 is 9.53 Å². The molecule has 1 atom stereocenters. The highest BCUT2D eigenvalue weighted by Crippen LogP contribution is 2.21. The Morgan fingerprint density at radius 2 is 2.19 bits per heavy atom. The SMILES string of the molecule is CCN[C@@]1(C(=O)OC(C)(C)C)CCCNC1. The highest BCUT2D eigenvalue weighted by atomic mass is 16.6. The molecule has 16 heavy (non-hydrogen) atoms. The quantitative estimate of drug-likeness (QED) is 0.709. The molecule has 0 unspecified atom stereocenters. The molecule has 4 heteroatoms. The van der Waals surface area contributed by atoms with Gasteiger partial charge in [-0.2, -0.15) is 0 Å². The Balaban J connectivity index is 2.72. The van der Waals surface area contributed by atoms with Crippen molar-refractivity contribution in [3.05, 3.63) is 0 Å². The van der Waals surface area contributed by atoms with Crippen molar-refractivity contribution in [2.75, 3.05) is 19.6 Å². The molecular formula is C12H24N2O2. The second kappa shape index (κ2) is 5.15. The van der Waals surface area contributed by atoms with Gasteiger partial charge in [0.15, 0.2) is 0 Å². The molecule has 0 spiro atoms. The summed E-state index contributed by atoms with van der Waals surface area (Å²) in [6.07, 6.45) is 1.86. The summed E-state index contributed by atoms with van der Waals surface area (Å²) in [4.78, 5) is 12.2. The van der Waals surface area contributed by atoms with Gasteiger partial charge < -0.3 is 15.4 Å². The zero-order valence-electron chi connectivity index (χ0n) is 10.9. The summed E-state index contributed by atoms with van der Waals surface area (Å²) in [6, 6.07) is 0. The monoisotopic (exact) mass is 228 g/mol. The lowest BCUT2D eigenvalue weighted by atomic mass is 9.90. The van der Waals surface area contributed by atoms with Crippen LogP contribution in [0.25, 0.3) is 0 Å². The van der Waals surface area contributed by atoms with Crippen molar-refractivity contribution >= 4 is 5.97 Å². The number of hydrogen-bond donors (Lipinski definition) is 2. The third kappa shape index (κ3) is 3.46. The van der Waals surface area contributed by atoms with Crippen LogP contribution < -0.4 is 10.6 Å². The molecular weight excluding hydrogens is 204 g/mol. The Labute approximate surface area is 98.1 Å². The minimum atomic E-state index is -0.527. The summed E-state index contributed by atoms with van der Waals surface area (Å²) in [5.41, 5.74) is -0.947. The standard InChI is InChI=1S/C12H24N2O2/c1-5-14-12(7-6-8-13-9-12)10(15)16-11(2,3)4/h13-14H,5-9H2,1-4H3/t12-/m0/s1. The summed E-state index contributed by atoms with van der Waals surface area (Å²) in [5, 5.41) is 6.55. The van der Waals surface area contributed by atoms with Crippen molar-refractivity contribution in [2.24, 2.45) is 0 Å². The van der Waals surface area contributed by atoms with E-state index in [1.807, 2.05) is 27.7 Å². The molecule has 4 nitrogen and oxygen atoms in total. The maximum absolute atomic E-state index is 12.2. The molecule has 0 bridgehead atoms. The molecule has 1 heterocycles. The molecule has 94 valence electrons. The summed E-state index contributed by atoms with van der Waals surface area (Å²) in [6.45, 7) is 10.1. The number of ether oxygens (including phenoxy) is 1. The third-order valence-electron chi connectivity index (χ3n) is 2.69. The zero-order valence-corrected chi connectivity index (χ0v) is 10.9. The average Bonchev–Trinajstić information content (AvgIpc) is 2.17. The molecule has 1 saturated heterocycles. The van der Waals surface area contributed by atoms with Crippen molar-refractivity contribution in [3.8, 4) is 0 Å². The molecule has 0 aromatic heterocycles. The number of carbonyl (C=O) groups excluding carboxylic acids is 1. The van der Waals surface area contributed by atoms with Crippen LogP contribution in [0.4, 0.5) is 0 Å². The number of nitrogens with one attached hydrogen (secondary N) is 2. The molecule has 1 fully saturated rings. The number of esters is 1. The Morgan fingerprint density at radius 1 is 1.50 bits per heavy atom. The topological polar surface area (TPSA) is 50.4 Å². The van der Waals surface area contributed by atoms with E-state index in [1.54, 1.807) is 0 Å². The molecule has 1 rings (SSSR count). The minimum Gasteiger partial charge on any atom is -0.459 e. The summed E-state index contributed by atoms with van der Waals surface area (Å²) < 4.78 is 5.49. The van der Waals surface area contributed by atoms with Crippen LogP contribution in [-0.2, 0) is 9.53 Å². The largest absolute Gasteiger partial charge is 0.459 e. The van der Waals surface area contributed by atoms with E-state index in [0.717, 1.165) is 25.9 Å². The lowest BCUT2D eigenvalue weighted by Gasteiger charge is -2.38. The Bertz CT molecular complexity index is 234. The maximum atomic E-state index is 12.2. The Hall–Kier alpha value is -0.610. The van der Waals surface area contributed by atoms with Crippen molar-refractivity contribution in [2.45, 2.75) is 51.7 Å². The van der Waals surface area contributed by atoms with Crippen LogP contribution in [0.5, 0.6) is 0 Å². The molecule has 0 aromatic carbocycles. The lowest BCUT2D eigenvalue weighted by molar-refractivity contribution is -0.164. The van der Waals surface area contributed by atoms with E-state index in [2.05, 4.69) is 10.6 Å². The number of piperidine rings is 1. The van der Waals surface area contributed by atoms with E-state index in [0.29, 0.717) is 6.54 Å². The van der Waals surface area contributed by atoms with Crippen LogP contribution in [0, 0.1) is 0 Å². The molecule has 0 aromatic rings. The average molecular weight is 228 g/mol. The molecule has 0 saturated carbocycles. The zero-order chi connectivity index (χ0) is 12.2. The summed E-state index contributed by atoms with van der Waals surface area (Å²) in [7, 11) is 0. The van der Waals surface area contributed by atoms with Crippen LogP contribution >= 0.6 is 0 Å². The molecule has 1 aliphatic rings. The first-order chi connectivity index (χ1) is 7.40. The smallest absolute Gasteiger partial charge is 0.328 e. The number of rotatable bonds is 3. The minimum absolute atomic E-state index is 0.131. The van der Waals surface area contributed by atoms with Gasteiger partial charge in [-0.1, -0.05) is 6.92 Å². The van der Waals surface area contributed by atoms with Gasteiger partial charge in [0, 0.05) is 6.54 Å². The van der Waals surface area contributed by atoms with Crippen LogP contribution in [0.15, 0.2) is 0 Å². The van der Waals surface area contributed by atoms with Crippen LogP contribution in [0.3, 0.4) is 0 Å². The fraction of sp³-hybridized carbons (Fsp3) is 0.917. The highest BCUT2D eigenvalue weighted by Gasteiger charge is 2.41. The van der Waals surface area contributed by atoms with E-state index >= 15 is 0 Å². The van der Waals surface area contributed by atoms with Crippen molar-refractivity contribution in [1.82, 2.24) is 10.6 Å². The fourth-order valence-corrected chi connectivity index (χ4v) is 2.02. The predicted molar refractivity (Wildman–Crippen MR) is 64.4 cm³/mol. The van der Waals surface area contributed by atoms with Gasteiger partial charge in [-0.25, -0.2) is 4.79 Å². The van der Waals surface area contributed by atoms with Crippen LogP contribution in [0.1, 0.15) is 40.5 Å². The normalized spacial score (nSPS) is 26.5. The van der Waals surface area contributed by atoms with Gasteiger partial charge in [0.2, 0.25) is 0 Å². The third-order valence-corrected chi connectivity index (χ3v) is 2.69. The Morgan fingerprint density at radius 3 is 2.62 bits per heavy atom. The van der Waals surface area contributed by atoms with Gasteiger partial charge in [-0.3, -0.25) is 0 Å². The molecule has 0 aliphatic carbocycles. The first-order valence-electron chi connectivity index (χ1n) is 6.09. The van der Waals surface area contributed by atoms with Gasteiger partial charge in [0.25, 0.3) is 0 Å². The first-order valence-corrected chi connectivity index (χ1v) is 6.09. The van der Waals surface area contributed by atoms with E-state index in [4.69, 9.17) is 4.74 Å². The maximum Gasteiger partial charge on any atom is 0.328 e. The van der Waals surface area contributed by atoms with E-state index in [1.165, 1.54) is 0 Å². The van der Waals surface area contributed by atoms with Crippen LogP contribution in [-0.4, -0.2) is 36.7 Å². The van der Waals surface area contributed by atoms with Gasteiger partial charge in [-0.15, -0.1) is 0 Å². The van der Waals surface area contributed by atoms with Gasteiger partial charge in [0.05, 0.1) is 0 Å². The molecule has 0 radical (unpaired) electrons. The van der Waals surface area contributed by atoms with Crippen molar-refractivity contribution in [3.63, 3.8) is 0 Å². The number of hydrogen-bond acceptors (Lipinski definition) is 4. The van der Waals surface area contributed by atoms with Gasteiger partial charge in [0.1, 0.15) is 11.1 Å². The number of likely N-dealkylation sites (N-methyl/N-ethyl adjacent to an activating group) is 1. The first kappa shape index (κ1) is 13.5. The Kier molecular flexibility index (Phi) is 4.33. The van der Waals surface area contributed by atoms with E-state index in [-0.39, 0.29) is 5.97 Å². The van der Waals surface area contributed by atoms with Crippen molar-refractivity contribution in [1.29, 1.82) is 0 Å². The number of carbonyl (C=O) groups is 1. The predicted octanol–water partition coefficient (Wildman–Crippen LogP) is 1.06. The summed E-state index contributed by atoms with van der Waals surface area (Å²) >= 11 is 0. The second-order valence-corrected chi connectivity index (χ2v) is 5.39. The van der Waals surface area contributed by atoms with Crippen LogP contribution in [0.2, 0.25) is 0 Å². The summed E-state index contributed by atoms with van der Waals surface area (Å²) in [5.74, 6) is -0.131. The van der Waals surface area contributed by atoms with E-state index in [9.17, 15) is 4.79 Å². The lowest BCUT2D eigenvalue weighted by Crippen LogP contribution is -2.62. The van der Waals surface area contributed by atoms with Gasteiger partial charge >= 0.3 is 5.97 Å². The molecule has 2 N–H and O–H groups in total. The second-order valence-electron chi connectivity index (χ2n) is 5.39. The highest BCUT2D eigenvalue weighted by molar-refractivity contribution is 5.81.